The van der Waals surface area contributed by atoms with Gasteiger partial charge >= 0.3 is 6.03 Å². The normalized spacial score (nSPS) is 23.9. The maximum Gasteiger partial charge on any atom is 0.328 e. The highest BCUT2D eigenvalue weighted by atomic mass is 35.5. The van der Waals surface area contributed by atoms with Crippen molar-refractivity contribution in [3.05, 3.63) is 41.1 Å². The molecule has 0 aromatic heterocycles. The lowest BCUT2D eigenvalue weighted by atomic mass is 10.1. The van der Waals surface area contributed by atoms with E-state index in [0.29, 0.717) is 23.3 Å². The van der Waals surface area contributed by atoms with Gasteiger partial charge in [0.1, 0.15) is 0 Å². The van der Waals surface area contributed by atoms with Crippen LogP contribution in [0, 0.1) is 0 Å². The van der Waals surface area contributed by atoms with Crippen LogP contribution in [0.15, 0.2) is 35.5 Å². The Hall–Kier alpha value is -2.54. The Labute approximate surface area is 162 Å². The summed E-state index contributed by atoms with van der Waals surface area (Å²) in [7, 11) is 1.68. The Morgan fingerprint density at radius 1 is 1.19 bits per heavy atom. The van der Waals surface area contributed by atoms with E-state index in [0.717, 1.165) is 24.8 Å². The molecular formula is C19H21ClN4O3. The second kappa shape index (κ2) is 6.88. The van der Waals surface area contributed by atoms with Crippen LogP contribution >= 0.6 is 11.6 Å². The third-order valence-corrected chi connectivity index (χ3v) is 5.32. The minimum atomic E-state index is -0.589. The molecule has 4 rings (SSSR count). The van der Waals surface area contributed by atoms with Gasteiger partial charge in [0.15, 0.2) is 18.0 Å². The number of amides is 3. The average molecular weight is 389 g/mol. The first-order valence-electron chi connectivity index (χ1n) is 9.11. The molecule has 3 aliphatic rings. The van der Waals surface area contributed by atoms with Gasteiger partial charge in [0.25, 0.3) is 11.9 Å². The molecule has 1 aromatic rings. The number of fused-ring (bicyclic) bond motifs is 3. The molecule has 1 saturated heterocycles. The number of carbonyl (C=O) groups excluding carboxylic acids is 2. The maximum absolute atomic E-state index is 13.0. The van der Waals surface area contributed by atoms with Crippen molar-refractivity contribution in [3.63, 3.8) is 0 Å². The van der Waals surface area contributed by atoms with Crippen molar-refractivity contribution in [2.45, 2.75) is 38.4 Å². The second-order valence-electron chi connectivity index (χ2n) is 6.87. The van der Waals surface area contributed by atoms with Gasteiger partial charge < -0.3 is 9.64 Å². The molecule has 2 unspecified atom stereocenters. The molecule has 3 amide bonds. The molecule has 8 heteroatoms. The molecule has 0 bridgehead atoms. The smallest absolute Gasteiger partial charge is 0.328 e. The van der Waals surface area contributed by atoms with Gasteiger partial charge in [0, 0.05) is 24.2 Å². The standard InChI is InChI=1S/C19H21ClN4O3/c1-3-4-5-10-23-17(25)15-16(22(2)19(23)26)21-18-24(15)11-14(27-18)12-6-8-13(20)9-7-12/h6-9,11,15-16H,3-5,10H2,1-2H3. The Bertz CT molecular complexity index is 836. The number of hydrogen-bond acceptors (Lipinski definition) is 5. The summed E-state index contributed by atoms with van der Waals surface area (Å²) in [5.74, 6) is 0.379. The number of likely N-dealkylation sites (N-methyl/N-ethyl adjacent to an activating group) is 1. The van der Waals surface area contributed by atoms with Crippen molar-refractivity contribution < 1.29 is 14.3 Å². The van der Waals surface area contributed by atoms with E-state index in [9.17, 15) is 9.59 Å². The highest BCUT2D eigenvalue weighted by Crippen LogP contribution is 2.35. The van der Waals surface area contributed by atoms with Crippen molar-refractivity contribution in [2.24, 2.45) is 4.99 Å². The van der Waals surface area contributed by atoms with Crippen LogP contribution in [-0.4, -0.2) is 58.5 Å². The molecule has 7 nitrogen and oxygen atoms in total. The zero-order valence-corrected chi connectivity index (χ0v) is 16.0. The Morgan fingerprint density at radius 3 is 2.63 bits per heavy atom. The maximum atomic E-state index is 13.0. The number of carbonyl (C=O) groups is 2. The molecule has 27 heavy (non-hydrogen) atoms. The number of hydrogen-bond donors (Lipinski definition) is 0. The SMILES string of the molecule is CCCCCN1C(=O)C2C(N=C3OC(c4ccc(Cl)cc4)=CN32)N(C)C1=O. The van der Waals surface area contributed by atoms with Crippen LogP contribution in [0.4, 0.5) is 4.79 Å². The van der Waals surface area contributed by atoms with Gasteiger partial charge in [-0.15, -0.1) is 0 Å². The number of benzene rings is 1. The van der Waals surface area contributed by atoms with Gasteiger partial charge in [-0.3, -0.25) is 14.6 Å². The molecule has 0 N–H and O–H groups in total. The monoisotopic (exact) mass is 388 g/mol. The molecule has 0 saturated carbocycles. The Balaban J connectivity index is 1.58. The van der Waals surface area contributed by atoms with Gasteiger partial charge in [0.2, 0.25) is 0 Å². The van der Waals surface area contributed by atoms with Crippen molar-refractivity contribution in [1.29, 1.82) is 0 Å². The second-order valence-corrected chi connectivity index (χ2v) is 7.31. The molecule has 3 aliphatic heterocycles. The van der Waals surface area contributed by atoms with E-state index in [1.807, 2.05) is 12.1 Å². The van der Waals surface area contributed by atoms with Gasteiger partial charge in [-0.05, 0) is 30.7 Å². The minimum absolute atomic E-state index is 0.227. The van der Waals surface area contributed by atoms with Crippen LogP contribution < -0.4 is 0 Å². The summed E-state index contributed by atoms with van der Waals surface area (Å²) in [4.78, 5) is 34.7. The first kappa shape index (κ1) is 17.9. The van der Waals surface area contributed by atoms with Crippen molar-refractivity contribution in [2.75, 3.05) is 13.6 Å². The number of imide groups is 1. The number of nitrogens with zero attached hydrogens (tertiary/aromatic N) is 4. The van der Waals surface area contributed by atoms with Crippen LogP contribution in [0.25, 0.3) is 5.76 Å². The highest BCUT2D eigenvalue weighted by molar-refractivity contribution is 6.30. The number of unbranched alkanes of at least 4 members (excludes halogenated alkanes) is 2. The van der Waals surface area contributed by atoms with Gasteiger partial charge in [-0.25, -0.2) is 9.79 Å². The first-order valence-corrected chi connectivity index (χ1v) is 9.49. The van der Waals surface area contributed by atoms with E-state index < -0.39 is 12.2 Å². The number of urea groups is 1. The molecule has 0 aliphatic carbocycles. The van der Waals surface area contributed by atoms with Crippen molar-refractivity contribution in [3.8, 4) is 0 Å². The molecule has 3 heterocycles. The largest absolute Gasteiger partial charge is 0.423 e. The molecule has 0 spiro atoms. The number of halogens is 1. The van der Waals surface area contributed by atoms with Crippen LogP contribution in [0.3, 0.4) is 0 Å². The fourth-order valence-corrected chi connectivity index (χ4v) is 3.68. The summed E-state index contributed by atoms with van der Waals surface area (Å²) in [6.45, 7) is 2.51. The van der Waals surface area contributed by atoms with E-state index in [-0.39, 0.29) is 11.9 Å². The predicted octanol–water partition coefficient (Wildman–Crippen LogP) is 3.12. The summed E-state index contributed by atoms with van der Waals surface area (Å²) in [5.41, 5.74) is 0.848. The van der Waals surface area contributed by atoms with E-state index in [1.54, 1.807) is 30.3 Å². The van der Waals surface area contributed by atoms with Gasteiger partial charge in [-0.1, -0.05) is 31.4 Å². The number of rotatable bonds is 5. The van der Waals surface area contributed by atoms with E-state index in [4.69, 9.17) is 16.3 Å². The van der Waals surface area contributed by atoms with E-state index in [2.05, 4.69) is 11.9 Å². The highest BCUT2D eigenvalue weighted by Gasteiger charge is 2.53. The third kappa shape index (κ3) is 2.96. The summed E-state index contributed by atoms with van der Waals surface area (Å²) in [6.07, 6.45) is 4.02. The minimum Gasteiger partial charge on any atom is -0.423 e. The number of amidine groups is 1. The van der Waals surface area contributed by atoms with Crippen molar-refractivity contribution in [1.82, 2.24) is 14.7 Å². The molecule has 142 valence electrons. The van der Waals surface area contributed by atoms with Crippen molar-refractivity contribution >= 4 is 35.3 Å². The summed E-state index contributed by atoms with van der Waals surface area (Å²) < 4.78 is 5.85. The van der Waals surface area contributed by atoms with Gasteiger partial charge in [0.05, 0.1) is 6.20 Å². The summed E-state index contributed by atoms with van der Waals surface area (Å²) in [5, 5.41) is 0.639. The quantitative estimate of drug-likeness (QED) is 0.727. The first-order chi connectivity index (χ1) is 13.0. The van der Waals surface area contributed by atoms with Crippen LogP contribution in [-0.2, 0) is 9.53 Å². The zero-order valence-electron chi connectivity index (χ0n) is 15.3. The lowest BCUT2D eigenvalue weighted by Crippen LogP contribution is -2.64. The van der Waals surface area contributed by atoms with Crippen LogP contribution in [0.2, 0.25) is 5.02 Å². The topological polar surface area (TPSA) is 65.5 Å². The lowest BCUT2D eigenvalue weighted by molar-refractivity contribution is -0.136. The third-order valence-electron chi connectivity index (χ3n) is 5.07. The average Bonchev–Trinajstić information content (AvgIpc) is 3.21. The number of aliphatic imine (C=N–C) groups is 1. The summed E-state index contributed by atoms with van der Waals surface area (Å²) >= 11 is 5.94. The lowest BCUT2D eigenvalue weighted by Gasteiger charge is -2.39. The Morgan fingerprint density at radius 2 is 1.93 bits per heavy atom. The molecule has 0 radical (unpaired) electrons. The zero-order chi connectivity index (χ0) is 19.1. The fourth-order valence-electron chi connectivity index (χ4n) is 3.55. The molecule has 2 atom stereocenters. The Kier molecular flexibility index (Phi) is 4.55. The van der Waals surface area contributed by atoms with Crippen LogP contribution in [0.1, 0.15) is 31.7 Å². The van der Waals surface area contributed by atoms with E-state index >= 15 is 0 Å². The predicted molar refractivity (Wildman–Crippen MR) is 102 cm³/mol. The van der Waals surface area contributed by atoms with Crippen LogP contribution in [0.5, 0.6) is 0 Å². The number of ether oxygens (including phenoxy) is 1. The van der Waals surface area contributed by atoms with Gasteiger partial charge in [-0.2, -0.15) is 0 Å². The molecular weight excluding hydrogens is 368 g/mol. The fraction of sp³-hybridized carbons (Fsp3) is 0.421. The molecule has 1 aromatic carbocycles. The molecule has 1 fully saturated rings. The summed E-state index contributed by atoms with van der Waals surface area (Å²) in [6, 6.07) is 6.72. The van der Waals surface area contributed by atoms with E-state index in [1.165, 1.54) is 9.80 Å².